The zero-order valence-corrected chi connectivity index (χ0v) is 13.4. The predicted molar refractivity (Wildman–Crippen MR) is 94.3 cm³/mol. The van der Waals surface area contributed by atoms with E-state index in [1.54, 1.807) is 12.1 Å². The summed E-state index contributed by atoms with van der Waals surface area (Å²) < 4.78 is 12.9. The van der Waals surface area contributed by atoms with Crippen molar-refractivity contribution in [3.05, 3.63) is 72.5 Å². The molecule has 0 aromatic heterocycles. The van der Waals surface area contributed by atoms with Crippen molar-refractivity contribution in [2.45, 2.75) is 17.1 Å². The van der Waals surface area contributed by atoms with Crippen molar-refractivity contribution in [1.82, 2.24) is 0 Å². The minimum atomic E-state index is -0.278. The molecule has 1 unspecified atom stereocenters. The van der Waals surface area contributed by atoms with Crippen LogP contribution in [-0.4, -0.2) is 11.2 Å². The van der Waals surface area contributed by atoms with Crippen LogP contribution in [-0.2, 0) is 4.79 Å². The number of amides is 1. The molecule has 0 saturated heterocycles. The molecule has 3 rings (SSSR count). The lowest BCUT2D eigenvalue weighted by molar-refractivity contribution is -0.115. The van der Waals surface area contributed by atoms with Crippen LogP contribution in [0.3, 0.4) is 0 Å². The number of rotatable bonds is 4. The first kappa shape index (κ1) is 15.6. The fourth-order valence-electron chi connectivity index (χ4n) is 2.34. The van der Waals surface area contributed by atoms with Crippen LogP contribution in [0.15, 0.2) is 71.6 Å². The van der Waals surface area contributed by atoms with Gasteiger partial charge in [0.15, 0.2) is 0 Å². The second-order valence-electron chi connectivity index (χ2n) is 5.23. The van der Waals surface area contributed by atoms with Gasteiger partial charge in [-0.25, -0.2) is 4.39 Å². The Morgan fingerprint density at radius 3 is 2.48 bits per heavy atom. The highest BCUT2D eigenvalue weighted by molar-refractivity contribution is 8.00. The van der Waals surface area contributed by atoms with E-state index in [-0.39, 0.29) is 17.0 Å². The Labute approximate surface area is 138 Å². The van der Waals surface area contributed by atoms with E-state index < -0.39 is 0 Å². The Balaban J connectivity index is 1.74. The van der Waals surface area contributed by atoms with Crippen LogP contribution in [0.25, 0.3) is 10.8 Å². The molecule has 0 fully saturated rings. The Kier molecular flexibility index (Phi) is 4.63. The fraction of sp³-hybridized carbons (Fsp3) is 0.105. The molecule has 1 atom stereocenters. The monoisotopic (exact) mass is 325 g/mol. The minimum absolute atomic E-state index is 0.0734. The molecular weight excluding hydrogens is 309 g/mol. The van der Waals surface area contributed by atoms with Gasteiger partial charge in [-0.15, -0.1) is 11.8 Å². The number of nitrogens with one attached hydrogen (secondary N) is 1. The molecule has 4 heteroatoms. The first-order chi connectivity index (χ1) is 11.1. The van der Waals surface area contributed by atoms with Crippen molar-refractivity contribution in [3.63, 3.8) is 0 Å². The summed E-state index contributed by atoms with van der Waals surface area (Å²) >= 11 is 1.41. The van der Waals surface area contributed by atoms with Gasteiger partial charge in [0.05, 0.1) is 5.25 Å². The third-order valence-corrected chi connectivity index (χ3v) is 4.66. The quantitative estimate of drug-likeness (QED) is 0.676. The first-order valence-electron chi connectivity index (χ1n) is 7.34. The normalized spacial score (nSPS) is 12.1. The maximum Gasteiger partial charge on any atom is 0.237 e. The maximum absolute atomic E-state index is 12.9. The van der Waals surface area contributed by atoms with Gasteiger partial charge in [0.25, 0.3) is 0 Å². The van der Waals surface area contributed by atoms with Crippen LogP contribution in [0.5, 0.6) is 0 Å². The van der Waals surface area contributed by atoms with E-state index in [1.165, 1.54) is 23.9 Å². The number of carbonyl (C=O) groups is 1. The minimum Gasteiger partial charge on any atom is -0.325 e. The molecule has 3 aromatic carbocycles. The Hall–Kier alpha value is -2.33. The van der Waals surface area contributed by atoms with E-state index >= 15 is 0 Å². The summed E-state index contributed by atoms with van der Waals surface area (Å²) in [4.78, 5) is 13.3. The largest absolute Gasteiger partial charge is 0.325 e. The van der Waals surface area contributed by atoms with Crippen molar-refractivity contribution in [3.8, 4) is 0 Å². The second kappa shape index (κ2) is 6.84. The van der Waals surface area contributed by atoms with Crippen LogP contribution in [0.4, 0.5) is 10.1 Å². The highest BCUT2D eigenvalue weighted by Crippen LogP contribution is 2.27. The highest BCUT2D eigenvalue weighted by Gasteiger charge is 2.15. The van der Waals surface area contributed by atoms with E-state index in [4.69, 9.17) is 0 Å². The van der Waals surface area contributed by atoms with Crippen molar-refractivity contribution in [1.29, 1.82) is 0 Å². The molecule has 3 aromatic rings. The van der Waals surface area contributed by atoms with Crippen LogP contribution in [0, 0.1) is 5.82 Å². The number of fused-ring (bicyclic) bond motifs is 1. The summed E-state index contributed by atoms with van der Waals surface area (Å²) in [7, 11) is 0. The van der Waals surface area contributed by atoms with Crippen LogP contribution in [0.2, 0.25) is 0 Å². The molecule has 0 spiro atoms. The van der Waals surface area contributed by atoms with E-state index in [2.05, 4.69) is 5.32 Å². The molecule has 2 nitrogen and oxygen atoms in total. The molecule has 1 amide bonds. The zero-order chi connectivity index (χ0) is 16.2. The summed E-state index contributed by atoms with van der Waals surface area (Å²) in [5, 5.41) is 4.81. The van der Waals surface area contributed by atoms with Gasteiger partial charge in [-0.1, -0.05) is 36.4 Å². The summed E-state index contributed by atoms with van der Waals surface area (Å²) in [6.45, 7) is 1.84. The summed E-state index contributed by atoms with van der Waals surface area (Å²) in [6.07, 6.45) is 0. The average Bonchev–Trinajstić information content (AvgIpc) is 2.57. The van der Waals surface area contributed by atoms with Gasteiger partial charge in [-0.05, 0) is 42.6 Å². The molecule has 23 heavy (non-hydrogen) atoms. The van der Waals surface area contributed by atoms with Gasteiger partial charge in [0, 0.05) is 16.0 Å². The topological polar surface area (TPSA) is 29.1 Å². The van der Waals surface area contributed by atoms with Crippen molar-refractivity contribution in [2.75, 3.05) is 5.32 Å². The predicted octanol–water partition coefficient (Wildman–Crippen LogP) is 5.10. The van der Waals surface area contributed by atoms with Crippen molar-refractivity contribution in [2.24, 2.45) is 0 Å². The molecule has 0 saturated carbocycles. The second-order valence-corrected chi connectivity index (χ2v) is 6.64. The van der Waals surface area contributed by atoms with Gasteiger partial charge in [0.2, 0.25) is 5.91 Å². The summed E-state index contributed by atoms with van der Waals surface area (Å²) in [6, 6.07) is 19.9. The molecule has 0 radical (unpaired) electrons. The lowest BCUT2D eigenvalue weighted by Crippen LogP contribution is -2.22. The van der Waals surface area contributed by atoms with Crippen LogP contribution < -0.4 is 5.32 Å². The van der Waals surface area contributed by atoms with Gasteiger partial charge >= 0.3 is 0 Å². The van der Waals surface area contributed by atoms with Crippen LogP contribution in [0.1, 0.15) is 6.92 Å². The van der Waals surface area contributed by atoms with Gasteiger partial charge in [-0.2, -0.15) is 0 Å². The van der Waals surface area contributed by atoms with Crippen LogP contribution >= 0.6 is 11.8 Å². The number of hydrogen-bond donors (Lipinski definition) is 1. The van der Waals surface area contributed by atoms with Crippen molar-refractivity contribution >= 4 is 34.1 Å². The summed E-state index contributed by atoms with van der Waals surface area (Å²) in [5.74, 6) is -0.349. The molecule has 0 heterocycles. The van der Waals surface area contributed by atoms with Gasteiger partial charge in [-0.3, -0.25) is 4.79 Å². The molecule has 116 valence electrons. The van der Waals surface area contributed by atoms with E-state index in [0.29, 0.717) is 0 Å². The Bertz CT molecular complexity index is 827. The molecule has 0 aliphatic carbocycles. The van der Waals surface area contributed by atoms with E-state index in [1.807, 2.05) is 49.4 Å². The molecule has 0 bridgehead atoms. The smallest absolute Gasteiger partial charge is 0.237 e. The number of halogens is 1. The fourth-order valence-corrected chi connectivity index (χ4v) is 3.21. The molecule has 1 N–H and O–H groups in total. The van der Waals surface area contributed by atoms with Gasteiger partial charge in [0.1, 0.15) is 5.82 Å². The first-order valence-corrected chi connectivity index (χ1v) is 8.22. The Morgan fingerprint density at radius 2 is 1.70 bits per heavy atom. The number of hydrogen-bond acceptors (Lipinski definition) is 2. The lowest BCUT2D eigenvalue weighted by Gasteiger charge is -2.13. The molecule has 0 aliphatic heterocycles. The standard InChI is InChI=1S/C19H16FNOS/c1-13(23-16-11-9-15(20)10-12-16)19(22)21-18-8-4-6-14-5-2-3-7-17(14)18/h2-13H,1H3,(H,21,22). The third-order valence-electron chi connectivity index (χ3n) is 3.54. The highest BCUT2D eigenvalue weighted by atomic mass is 32.2. The molecular formula is C19H16FNOS. The summed E-state index contributed by atoms with van der Waals surface area (Å²) in [5.41, 5.74) is 0.805. The van der Waals surface area contributed by atoms with E-state index in [9.17, 15) is 9.18 Å². The number of anilines is 1. The number of thioether (sulfide) groups is 1. The SMILES string of the molecule is CC(Sc1ccc(F)cc1)C(=O)Nc1cccc2ccccc12. The number of carbonyl (C=O) groups excluding carboxylic acids is 1. The maximum atomic E-state index is 12.9. The number of benzene rings is 3. The Morgan fingerprint density at radius 1 is 1.00 bits per heavy atom. The third kappa shape index (κ3) is 3.71. The van der Waals surface area contributed by atoms with Gasteiger partial charge < -0.3 is 5.32 Å². The van der Waals surface area contributed by atoms with Crippen molar-refractivity contribution < 1.29 is 9.18 Å². The van der Waals surface area contributed by atoms with E-state index in [0.717, 1.165) is 21.4 Å². The lowest BCUT2D eigenvalue weighted by atomic mass is 10.1. The zero-order valence-electron chi connectivity index (χ0n) is 12.6. The average molecular weight is 325 g/mol. The molecule has 0 aliphatic rings.